The first kappa shape index (κ1) is 18.7. The van der Waals surface area contributed by atoms with Gasteiger partial charge in [0.05, 0.1) is 11.7 Å². The lowest BCUT2D eigenvalue weighted by Gasteiger charge is -2.12. The number of thioether (sulfide) groups is 1. The molecule has 1 amide bonds. The Kier molecular flexibility index (Phi) is 5.45. The summed E-state index contributed by atoms with van der Waals surface area (Å²) in [6.45, 7) is 3.89. The van der Waals surface area contributed by atoms with Crippen LogP contribution in [0.15, 0.2) is 62.8 Å². The molecule has 0 unspecified atom stereocenters. The molecule has 5 nitrogen and oxygen atoms in total. The average Bonchev–Trinajstić information content (AvgIpc) is 3.30. The number of aryl methyl sites for hydroxylation is 1. The van der Waals surface area contributed by atoms with Crippen molar-refractivity contribution in [3.05, 3.63) is 76.8 Å². The van der Waals surface area contributed by atoms with Gasteiger partial charge in [0.1, 0.15) is 9.92 Å². The third kappa shape index (κ3) is 3.95. The topological polar surface area (TPSA) is 68.0 Å². The number of benzene rings is 1. The van der Waals surface area contributed by atoms with E-state index >= 15 is 0 Å². The summed E-state index contributed by atoms with van der Waals surface area (Å²) in [7, 11) is 0. The van der Waals surface area contributed by atoms with Crippen LogP contribution in [0.2, 0.25) is 0 Å². The van der Waals surface area contributed by atoms with Crippen LogP contribution in [0.25, 0.3) is 11.0 Å². The minimum atomic E-state index is -0.236. The molecule has 0 radical (unpaired) electrons. The summed E-state index contributed by atoms with van der Waals surface area (Å²) in [5.41, 5.74) is 3.41. The summed E-state index contributed by atoms with van der Waals surface area (Å²) >= 11 is 3.23. The summed E-state index contributed by atoms with van der Waals surface area (Å²) in [4.78, 5) is 21.8. The second-order valence-corrected chi connectivity index (χ2v) is 8.48. The SMILES string of the molecule is Cc1csc(SCc2c(C(=O)N[C@H](C)c3ccccn3)oc3ccccc23)n1. The molecule has 1 N–H and O–H groups in total. The molecule has 142 valence electrons. The number of furan rings is 1. The minimum Gasteiger partial charge on any atom is -0.451 e. The van der Waals surface area contributed by atoms with Crippen LogP contribution in [0.5, 0.6) is 0 Å². The Balaban J connectivity index is 1.61. The predicted molar refractivity (Wildman–Crippen MR) is 113 cm³/mol. The van der Waals surface area contributed by atoms with E-state index in [9.17, 15) is 4.79 Å². The average molecular weight is 410 g/mol. The van der Waals surface area contributed by atoms with Crippen LogP contribution in [-0.2, 0) is 5.75 Å². The number of carbonyl (C=O) groups excluding carboxylic acids is 1. The molecule has 0 aliphatic heterocycles. The van der Waals surface area contributed by atoms with Crippen LogP contribution >= 0.6 is 23.1 Å². The van der Waals surface area contributed by atoms with Crippen LogP contribution in [-0.4, -0.2) is 15.9 Å². The monoisotopic (exact) mass is 409 g/mol. The fraction of sp³-hybridized carbons (Fsp3) is 0.190. The molecule has 28 heavy (non-hydrogen) atoms. The maximum absolute atomic E-state index is 13.0. The Morgan fingerprint density at radius 3 is 2.82 bits per heavy atom. The molecule has 0 aliphatic rings. The standard InChI is InChI=1S/C21H19N3O2S2/c1-13-11-27-21(23-13)28-12-16-15-7-3-4-9-18(15)26-19(16)20(25)24-14(2)17-8-5-6-10-22-17/h3-11,14H,12H2,1-2H3,(H,24,25)/t14-/m1/s1. The van der Waals surface area contributed by atoms with Crippen molar-refractivity contribution in [2.75, 3.05) is 0 Å². The number of pyridine rings is 1. The van der Waals surface area contributed by atoms with Gasteiger partial charge in [0.25, 0.3) is 5.91 Å². The summed E-state index contributed by atoms with van der Waals surface area (Å²) < 4.78 is 6.91. The van der Waals surface area contributed by atoms with Crippen molar-refractivity contribution in [1.29, 1.82) is 0 Å². The van der Waals surface area contributed by atoms with E-state index in [0.717, 1.165) is 26.7 Å². The lowest BCUT2D eigenvalue weighted by molar-refractivity contribution is 0.0912. The van der Waals surface area contributed by atoms with E-state index in [1.54, 1.807) is 29.3 Å². The zero-order valence-corrected chi connectivity index (χ0v) is 17.1. The van der Waals surface area contributed by atoms with Gasteiger partial charge in [-0.25, -0.2) is 4.98 Å². The number of para-hydroxylation sites is 1. The third-order valence-electron chi connectivity index (χ3n) is 4.32. The van der Waals surface area contributed by atoms with Gasteiger partial charge in [0.15, 0.2) is 5.76 Å². The Labute approximate surface area is 171 Å². The highest BCUT2D eigenvalue weighted by Gasteiger charge is 2.22. The highest BCUT2D eigenvalue weighted by Crippen LogP contribution is 2.33. The number of hydrogen-bond acceptors (Lipinski definition) is 6. The number of amides is 1. The molecule has 0 aliphatic carbocycles. The van der Waals surface area contributed by atoms with E-state index in [0.29, 0.717) is 17.1 Å². The van der Waals surface area contributed by atoms with Crippen molar-refractivity contribution >= 4 is 40.0 Å². The molecule has 0 saturated heterocycles. The zero-order chi connectivity index (χ0) is 19.5. The van der Waals surface area contributed by atoms with Gasteiger partial charge < -0.3 is 9.73 Å². The number of fused-ring (bicyclic) bond motifs is 1. The van der Waals surface area contributed by atoms with Crippen molar-refractivity contribution in [3.63, 3.8) is 0 Å². The molecule has 1 aromatic carbocycles. The van der Waals surface area contributed by atoms with Crippen molar-refractivity contribution in [3.8, 4) is 0 Å². The quantitative estimate of drug-likeness (QED) is 0.433. The van der Waals surface area contributed by atoms with Gasteiger partial charge in [0, 0.05) is 34.0 Å². The lowest BCUT2D eigenvalue weighted by atomic mass is 10.1. The molecular formula is C21H19N3O2S2. The van der Waals surface area contributed by atoms with Gasteiger partial charge in [-0.3, -0.25) is 9.78 Å². The van der Waals surface area contributed by atoms with Gasteiger partial charge in [0.2, 0.25) is 0 Å². The Morgan fingerprint density at radius 2 is 2.07 bits per heavy atom. The summed E-state index contributed by atoms with van der Waals surface area (Å²) in [5, 5.41) is 5.98. The molecule has 4 rings (SSSR count). The molecule has 3 aromatic heterocycles. The molecule has 1 atom stereocenters. The normalized spacial score (nSPS) is 12.2. The number of nitrogens with zero attached hydrogens (tertiary/aromatic N) is 2. The van der Waals surface area contributed by atoms with E-state index in [2.05, 4.69) is 15.3 Å². The van der Waals surface area contributed by atoms with Crippen molar-refractivity contribution in [2.45, 2.75) is 30.0 Å². The second kappa shape index (κ2) is 8.16. The second-order valence-electron chi connectivity index (χ2n) is 6.40. The summed E-state index contributed by atoms with van der Waals surface area (Å²) in [6, 6.07) is 13.2. The molecule has 0 bridgehead atoms. The van der Waals surface area contributed by atoms with Crippen LogP contribution in [0.1, 0.15) is 40.5 Å². The third-order valence-corrected chi connectivity index (χ3v) is 6.49. The smallest absolute Gasteiger partial charge is 0.287 e. The van der Waals surface area contributed by atoms with Crippen molar-refractivity contribution < 1.29 is 9.21 Å². The molecule has 7 heteroatoms. The van der Waals surface area contributed by atoms with E-state index in [-0.39, 0.29) is 11.9 Å². The fourth-order valence-corrected chi connectivity index (χ4v) is 4.80. The van der Waals surface area contributed by atoms with Crippen molar-refractivity contribution in [2.24, 2.45) is 0 Å². The highest BCUT2D eigenvalue weighted by molar-refractivity contribution is 8.00. The number of carbonyl (C=O) groups is 1. The van der Waals surface area contributed by atoms with E-state index in [4.69, 9.17) is 4.42 Å². The minimum absolute atomic E-state index is 0.218. The number of thiazole rings is 1. The number of nitrogens with one attached hydrogen (secondary N) is 1. The Hall–Kier alpha value is -2.64. The van der Waals surface area contributed by atoms with Gasteiger partial charge in [-0.05, 0) is 32.0 Å². The lowest BCUT2D eigenvalue weighted by Crippen LogP contribution is -2.27. The van der Waals surface area contributed by atoms with Crippen LogP contribution < -0.4 is 5.32 Å². The maximum Gasteiger partial charge on any atom is 0.287 e. The van der Waals surface area contributed by atoms with Crippen LogP contribution in [0.3, 0.4) is 0 Å². The first-order valence-corrected chi connectivity index (χ1v) is 10.8. The Morgan fingerprint density at radius 1 is 1.25 bits per heavy atom. The molecule has 0 fully saturated rings. The summed E-state index contributed by atoms with van der Waals surface area (Å²) in [5.74, 6) is 0.732. The predicted octanol–water partition coefficient (Wildman–Crippen LogP) is 5.38. The molecule has 0 spiro atoms. The molecule has 3 heterocycles. The van der Waals surface area contributed by atoms with Gasteiger partial charge in [-0.2, -0.15) is 0 Å². The highest BCUT2D eigenvalue weighted by atomic mass is 32.2. The number of rotatable bonds is 6. The first-order valence-electron chi connectivity index (χ1n) is 8.89. The Bertz CT molecular complexity index is 1110. The van der Waals surface area contributed by atoms with Crippen molar-refractivity contribution in [1.82, 2.24) is 15.3 Å². The van der Waals surface area contributed by atoms with E-state index in [1.807, 2.05) is 61.7 Å². The van der Waals surface area contributed by atoms with Gasteiger partial charge in [-0.1, -0.05) is 36.0 Å². The van der Waals surface area contributed by atoms with Crippen LogP contribution in [0, 0.1) is 6.92 Å². The largest absolute Gasteiger partial charge is 0.451 e. The molecular weight excluding hydrogens is 390 g/mol. The fourth-order valence-electron chi connectivity index (χ4n) is 2.93. The van der Waals surface area contributed by atoms with Gasteiger partial charge in [-0.15, -0.1) is 11.3 Å². The van der Waals surface area contributed by atoms with E-state index in [1.165, 1.54) is 0 Å². The number of aromatic nitrogens is 2. The van der Waals surface area contributed by atoms with Gasteiger partial charge >= 0.3 is 0 Å². The number of hydrogen-bond donors (Lipinski definition) is 1. The van der Waals surface area contributed by atoms with E-state index < -0.39 is 0 Å². The first-order chi connectivity index (χ1) is 13.6. The maximum atomic E-state index is 13.0. The molecule has 0 saturated carbocycles. The summed E-state index contributed by atoms with van der Waals surface area (Å²) in [6.07, 6.45) is 1.72. The zero-order valence-electron chi connectivity index (χ0n) is 15.5. The molecule has 4 aromatic rings. The van der Waals surface area contributed by atoms with Crippen LogP contribution in [0.4, 0.5) is 0 Å².